The third-order valence-electron chi connectivity index (χ3n) is 4.53. The topological polar surface area (TPSA) is 85.1 Å². The van der Waals surface area contributed by atoms with E-state index in [1.54, 1.807) is 12.1 Å². The molecule has 0 bridgehead atoms. The zero-order valence-corrected chi connectivity index (χ0v) is 17.8. The molecule has 2 aromatic carbocycles. The second-order valence-corrected chi connectivity index (χ2v) is 8.96. The number of carbonyl (C=O) groups is 1. The summed E-state index contributed by atoms with van der Waals surface area (Å²) in [5.41, 5.74) is 2.01. The summed E-state index contributed by atoms with van der Waals surface area (Å²) < 4.78 is 1.39. The van der Waals surface area contributed by atoms with Gasteiger partial charge in [-0.2, -0.15) is 0 Å². The second-order valence-electron chi connectivity index (χ2n) is 6.53. The predicted octanol–water partition coefficient (Wildman–Crippen LogP) is 6.67. The number of halogens is 1. The van der Waals surface area contributed by atoms with Gasteiger partial charge in [-0.3, -0.25) is 20.2 Å². The number of carbonyl (C=O) groups excluding carboxylic acids is 1. The molecule has 1 N–H and O–H groups in total. The molecule has 9 heteroatoms. The first kappa shape index (κ1) is 19.8. The zero-order valence-electron chi connectivity index (χ0n) is 15.4. The van der Waals surface area contributed by atoms with Gasteiger partial charge < -0.3 is 0 Å². The van der Waals surface area contributed by atoms with E-state index in [2.05, 4.69) is 29.4 Å². The zero-order chi connectivity index (χ0) is 20.5. The highest BCUT2D eigenvalue weighted by Gasteiger charge is 2.23. The van der Waals surface area contributed by atoms with Crippen molar-refractivity contribution in [3.05, 3.63) is 62.0 Å². The van der Waals surface area contributed by atoms with E-state index >= 15 is 0 Å². The highest BCUT2D eigenvalue weighted by molar-refractivity contribution is 7.23. The molecule has 0 saturated heterocycles. The standard InChI is InChI=1S/C20H16ClN3O3S2/c1-2-3-5-11-8-9-13-15(10-11)28-20(22-13)23-19(25)18-16(21)12-6-4-7-14(24(26)27)17(12)29-18/h4,6-10H,2-3,5H2,1H3,(H,22,23,25). The molecule has 0 fully saturated rings. The van der Waals surface area contributed by atoms with Gasteiger partial charge in [0.05, 0.1) is 20.2 Å². The number of aromatic nitrogens is 1. The van der Waals surface area contributed by atoms with Crippen LogP contribution < -0.4 is 5.32 Å². The number of aryl methyl sites for hydroxylation is 1. The summed E-state index contributed by atoms with van der Waals surface area (Å²) in [5, 5.41) is 15.2. The molecule has 6 nitrogen and oxygen atoms in total. The first-order valence-corrected chi connectivity index (χ1v) is 11.0. The quantitative estimate of drug-likeness (QED) is 0.265. The number of non-ortho nitro benzene ring substituents is 1. The summed E-state index contributed by atoms with van der Waals surface area (Å²) in [6.07, 6.45) is 3.28. The number of amides is 1. The van der Waals surface area contributed by atoms with Crippen molar-refractivity contribution in [3.63, 3.8) is 0 Å². The molecular weight excluding hydrogens is 430 g/mol. The van der Waals surface area contributed by atoms with Crippen LogP contribution in [0.2, 0.25) is 5.02 Å². The Morgan fingerprint density at radius 3 is 2.86 bits per heavy atom. The lowest BCUT2D eigenvalue weighted by atomic mass is 10.1. The molecule has 29 heavy (non-hydrogen) atoms. The number of fused-ring (bicyclic) bond motifs is 2. The van der Waals surface area contributed by atoms with Crippen molar-refractivity contribution in [2.45, 2.75) is 26.2 Å². The van der Waals surface area contributed by atoms with Gasteiger partial charge in [-0.15, -0.1) is 11.3 Å². The minimum atomic E-state index is -0.472. The number of nitrogens with one attached hydrogen (secondary N) is 1. The minimum Gasteiger partial charge on any atom is -0.297 e. The highest BCUT2D eigenvalue weighted by atomic mass is 35.5. The monoisotopic (exact) mass is 445 g/mol. The molecule has 2 heterocycles. The normalized spacial score (nSPS) is 11.2. The highest BCUT2D eigenvalue weighted by Crippen LogP contribution is 2.40. The lowest BCUT2D eigenvalue weighted by Gasteiger charge is -1.98. The van der Waals surface area contributed by atoms with Gasteiger partial charge in [0.1, 0.15) is 9.58 Å². The van der Waals surface area contributed by atoms with Gasteiger partial charge in [-0.1, -0.05) is 54.5 Å². The fourth-order valence-corrected chi connectivity index (χ4v) is 5.49. The summed E-state index contributed by atoms with van der Waals surface area (Å²) in [7, 11) is 0. The van der Waals surface area contributed by atoms with Crippen LogP contribution in [0.25, 0.3) is 20.3 Å². The third kappa shape index (κ3) is 3.83. The van der Waals surface area contributed by atoms with Crippen molar-refractivity contribution in [3.8, 4) is 0 Å². The molecule has 4 rings (SSSR count). The molecule has 4 aromatic rings. The maximum Gasteiger partial charge on any atom is 0.287 e. The molecule has 1 amide bonds. The molecule has 0 unspecified atom stereocenters. The summed E-state index contributed by atoms with van der Waals surface area (Å²) in [6, 6.07) is 10.8. The van der Waals surface area contributed by atoms with E-state index in [4.69, 9.17) is 11.6 Å². The molecule has 0 aliphatic rings. The van der Waals surface area contributed by atoms with Crippen molar-refractivity contribution in [2.24, 2.45) is 0 Å². The van der Waals surface area contributed by atoms with E-state index < -0.39 is 10.8 Å². The Hall–Kier alpha value is -2.55. The van der Waals surface area contributed by atoms with Crippen LogP contribution in [-0.2, 0) is 6.42 Å². The molecule has 0 atom stereocenters. The number of unbranched alkanes of at least 4 members (excludes halogenated alkanes) is 1. The summed E-state index contributed by atoms with van der Waals surface area (Å²) in [6.45, 7) is 2.16. The number of anilines is 1. The lowest BCUT2D eigenvalue weighted by Crippen LogP contribution is -2.10. The maximum atomic E-state index is 12.8. The number of thiophene rings is 1. The van der Waals surface area contributed by atoms with Crippen LogP contribution in [0.5, 0.6) is 0 Å². The van der Waals surface area contributed by atoms with Crippen LogP contribution in [0.4, 0.5) is 10.8 Å². The van der Waals surface area contributed by atoms with Gasteiger partial charge in [0.2, 0.25) is 0 Å². The Labute approximate surface area is 179 Å². The summed E-state index contributed by atoms with van der Waals surface area (Å²) in [5.74, 6) is -0.421. The van der Waals surface area contributed by atoms with E-state index in [1.807, 2.05) is 6.07 Å². The average Bonchev–Trinajstić information content (AvgIpc) is 3.26. The number of rotatable bonds is 6. The fourth-order valence-electron chi connectivity index (χ4n) is 3.08. The van der Waals surface area contributed by atoms with E-state index in [-0.39, 0.29) is 15.6 Å². The number of nitrogens with zero attached hydrogens (tertiary/aromatic N) is 2. The molecule has 0 saturated carbocycles. The maximum absolute atomic E-state index is 12.8. The molecule has 0 aliphatic carbocycles. The molecule has 148 valence electrons. The number of hydrogen-bond acceptors (Lipinski definition) is 6. The van der Waals surface area contributed by atoms with E-state index in [1.165, 1.54) is 23.0 Å². The van der Waals surface area contributed by atoms with Gasteiger partial charge in [0.25, 0.3) is 11.6 Å². The number of thiazole rings is 1. The van der Waals surface area contributed by atoms with E-state index in [0.29, 0.717) is 15.2 Å². The van der Waals surface area contributed by atoms with Gasteiger partial charge in [0, 0.05) is 11.5 Å². The Kier molecular flexibility index (Phi) is 5.49. The van der Waals surface area contributed by atoms with E-state index in [0.717, 1.165) is 40.8 Å². The van der Waals surface area contributed by atoms with Crippen molar-refractivity contribution in [1.29, 1.82) is 0 Å². The Morgan fingerprint density at radius 1 is 1.28 bits per heavy atom. The van der Waals surface area contributed by atoms with Gasteiger partial charge in [-0.25, -0.2) is 4.98 Å². The van der Waals surface area contributed by atoms with Crippen molar-refractivity contribution < 1.29 is 9.72 Å². The summed E-state index contributed by atoms with van der Waals surface area (Å²) >= 11 is 8.77. The third-order valence-corrected chi connectivity index (χ3v) is 7.19. The first-order valence-electron chi connectivity index (χ1n) is 9.04. The first-order chi connectivity index (χ1) is 14.0. The number of benzene rings is 2. The van der Waals surface area contributed by atoms with E-state index in [9.17, 15) is 14.9 Å². The van der Waals surface area contributed by atoms with Crippen molar-refractivity contribution in [2.75, 3.05) is 5.32 Å². The molecule has 0 spiro atoms. The van der Waals surface area contributed by atoms with Crippen LogP contribution in [0.15, 0.2) is 36.4 Å². The van der Waals surface area contributed by atoms with Gasteiger partial charge in [-0.05, 0) is 30.5 Å². The van der Waals surface area contributed by atoms with Crippen LogP contribution in [0.1, 0.15) is 35.0 Å². The Bertz CT molecular complexity index is 1250. The Morgan fingerprint density at radius 2 is 2.10 bits per heavy atom. The van der Waals surface area contributed by atoms with Crippen LogP contribution in [-0.4, -0.2) is 15.8 Å². The summed E-state index contributed by atoms with van der Waals surface area (Å²) in [4.78, 5) is 28.3. The van der Waals surface area contributed by atoms with Gasteiger partial charge >= 0.3 is 0 Å². The van der Waals surface area contributed by atoms with Crippen molar-refractivity contribution >= 4 is 71.3 Å². The second kappa shape index (κ2) is 8.06. The minimum absolute atomic E-state index is 0.0620. The Balaban J connectivity index is 1.63. The van der Waals surface area contributed by atoms with Crippen molar-refractivity contribution in [1.82, 2.24) is 4.98 Å². The average molecular weight is 446 g/mol. The SMILES string of the molecule is CCCCc1ccc2nc(NC(=O)c3sc4c([N+](=O)[O-])cccc4c3Cl)sc2c1. The fraction of sp³-hybridized carbons (Fsp3) is 0.200. The van der Waals surface area contributed by atoms with Crippen LogP contribution >= 0.6 is 34.3 Å². The predicted molar refractivity (Wildman–Crippen MR) is 120 cm³/mol. The molecular formula is C20H16ClN3O3S2. The molecule has 0 aliphatic heterocycles. The number of hydrogen-bond donors (Lipinski definition) is 1. The number of nitro benzene ring substituents is 1. The lowest BCUT2D eigenvalue weighted by molar-refractivity contribution is -0.382. The van der Waals surface area contributed by atoms with Crippen LogP contribution in [0, 0.1) is 10.1 Å². The molecule has 2 aromatic heterocycles. The number of nitro groups is 1. The largest absolute Gasteiger partial charge is 0.297 e. The van der Waals surface area contributed by atoms with Crippen LogP contribution in [0.3, 0.4) is 0 Å². The molecule has 0 radical (unpaired) electrons. The van der Waals surface area contributed by atoms with Gasteiger partial charge in [0.15, 0.2) is 5.13 Å². The smallest absolute Gasteiger partial charge is 0.287 e.